The molecular weight excluding hydrogens is 214 g/mol. The lowest BCUT2D eigenvalue weighted by Crippen LogP contribution is -2.30. The summed E-state index contributed by atoms with van der Waals surface area (Å²) < 4.78 is 0. The van der Waals surface area contributed by atoms with Gasteiger partial charge in [0.25, 0.3) is 0 Å². The van der Waals surface area contributed by atoms with E-state index in [9.17, 15) is 4.79 Å². The van der Waals surface area contributed by atoms with Gasteiger partial charge in [-0.05, 0) is 24.3 Å². The van der Waals surface area contributed by atoms with Crippen LogP contribution in [-0.2, 0) is 4.79 Å². The number of nitrogens with zero attached hydrogens (tertiary/aromatic N) is 2. The van der Waals surface area contributed by atoms with Crippen LogP contribution in [0.3, 0.4) is 0 Å². The molecule has 1 aromatic rings. The van der Waals surface area contributed by atoms with E-state index in [1.165, 1.54) is 4.90 Å². The summed E-state index contributed by atoms with van der Waals surface area (Å²) in [5.41, 5.74) is 0.808. The molecule has 1 fully saturated rings. The predicted molar refractivity (Wildman–Crippen MR) is 59.3 cm³/mol. The lowest BCUT2D eigenvalue weighted by Gasteiger charge is -2.17. The summed E-state index contributed by atoms with van der Waals surface area (Å²) in [7, 11) is 1.60. The number of nitrogens with one attached hydrogen (secondary N) is 1. The van der Waals surface area contributed by atoms with Gasteiger partial charge in [0.15, 0.2) is 0 Å². The van der Waals surface area contributed by atoms with Crippen LogP contribution in [0.15, 0.2) is 24.3 Å². The van der Waals surface area contributed by atoms with Crippen molar-refractivity contribution in [3.8, 4) is 0 Å². The number of benzene rings is 1. The lowest BCUT2D eigenvalue weighted by molar-refractivity contribution is -0.123. The van der Waals surface area contributed by atoms with E-state index in [1.807, 2.05) is 0 Å². The average molecular weight is 224 g/mol. The summed E-state index contributed by atoms with van der Waals surface area (Å²) in [6.45, 7) is 0.219. The third-order valence-corrected chi connectivity index (χ3v) is 2.63. The maximum Gasteiger partial charge on any atom is 0.249 e. The molecule has 78 valence electrons. The zero-order valence-corrected chi connectivity index (χ0v) is 8.95. The molecule has 0 saturated carbocycles. The maximum atomic E-state index is 11.4. The van der Waals surface area contributed by atoms with E-state index in [2.05, 4.69) is 0 Å². The van der Waals surface area contributed by atoms with Crippen LogP contribution in [0.2, 0.25) is 5.02 Å². The fourth-order valence-electron chi connectivity index (χ4n) is 1.45. The van der Waals surface area contributed by atoms with Crippen LogP contribution in [0.4, 0.5) is 5.69 Å². The monoisotopic (exact) mass is 223 g/mol. The Labute approximate surface area is 92.6 Å². The van der Waals surface area contributed by atoms with Crippen LogP contribution in [-0.4, -0.2) is 30.4 Å². The van der Waals surface area contributed by atoms with Crippen molar-refractivity contribution in [3.63, 3.8) is 0 Å². The fraction of sp³-hybridized carbons (Fsp3) is 0.200. The van der Waals surface area contributed by atoms with E-state index >= 15 is 0 Å². The van der Waals surface area contributed by atoms with Gasteiger partial charge >= 0.3 is 0 Å². The molecule has 1 N–H and O–H groups in total. The molecule has 1 aromatic carbocycles. The molecule has 1 aliphatic heterocycles. The van der Waals surface area contributed by atoms with Crippen molar-refractivity contribution >= 4 is 29.2 Å². The van der Waals surface area contributed by atoms with Crippen molar-refractivity contribution < 1.29 is 4.79 Å². The Kier molecular flexibility index (Phi) is 2.36. The SMILES string of the molecule is CN1C(=N)N(c2ccc(Cl)cc2)CC1=O. The second-order valence-electron chi connectivity index (χ2n) is 3.34. The topological polar surface area (TPSA) is 47.4 Å². The van der Waals surface area contributed by atoms with E-state index in [4.69, 9.17) is 17.0 Å². The average Bonchev–Trinajstić information content (AvgIpc) is 2.47. The molecule has 0 aliphatic carbocycles. The number of carbonyl (C=O) groups excluding carboxylic acids is 1. The van der Waals surface area contributed by atoms with E-state index < -0.39 is 0 Å². The van der Waals surface area contributed by atoms with Gasteiger partial charge in [-0.1, -0.05) is 11.6 Å². The van der Waals surface area contributed by atoms with Crippen molar-refractivity contribution in [1.82, 2.24) is 4.90 Å². The van der Waals surface area contributed by atoms with Crippen LogP contribution in [0.1, 0.15) is 0 Å². The fourth-order valence-corrected chi connectivity index (χ4v) is 1.58. The predicted octanol–water partition coefficient (Wildman–Crippen LogP) is 1.55. The minimum absolute atomic E-state index is 0.0741. The first-order valence-electron chi connectivity index (χ1n) is 4.48. The number of amides is 1. The van der Waals surface area contributed by atoms with Crippen LogP contribution >= 0.6 is 11.6 Å². The van der Waals surface area contributed by atoms with Gasteiger partial charge in [0, 0.05) is 17.8 Å². The van der Waals surface area contributed by atoms with E-state index in [1.54, 1.807) is 36.2 Å². The molecule has 1 saturated heterocycles. The van der Waals surface area contributed by atoms with Gasteiger partial charge in [-0.25, -0.2) is 0 Å². The van der Waals surface area contributed by atoms with Crippen molar-refractivity contribution in [2.24, 2.45) is 0 Å². The molecule has 5 heteroatoms. The van der Waals surface area contributed by atoms with Gasteiger partial charge in [-0.3, -0.25) is 15.1 Å². The molecule has 15 heavy (non-hydrogen) atoms. The minimum Gasteiger partial charge on any atom is -0.303 e. The standard InChI is InChI=1S/C10H10ClN3O/c1-13-9(15)6-14(10(13)12)8-4-2-7(11)3-5-8/h2-5,12H,6H2,1H3. The third kappa shape index (κ3) is 1.68. The number of halogens is 1. The van der Waals surface area contributed by atoms with Gasteiger partial charge in [-0.2, -0.15) is 0 Å². The Morgan fingerprint density at radius 2 is 1.93 bits per heavy atom. The molecule has 2 rings (SSSR count). The van der Waals surface area contributed by atoms with Crippen molar-refractivity contribution in [1.29, 1.82) is 5.41 Å². The Morgan fingerprint density at radius 3 is 2.40 bits per heavy atom. The van der Waals surface area contributed by atoms with Crippen molar-refractivity contribution in [2.75, 3.05) is 18.5 Å². The normalized spacial score (nSPS) is 16.4. The quantitative estimate of drug-likeness (QED) is 0.785. The van der Waals surface area contributed by atoms with E-state index in [0.29, 0.717) is 5.02 Å². The highest BCUT2D eigenvalue weighted by Gasteiger charge is 2.30. The highest BCUT2D eigenvalue weighted by atomic mass is 35.5. The molecule has 0 radical (unpaired) electrons. The van der Waals surface area contributed by atoms with E-state index in [-0.39, 0.29) is 18.4 Å². The number of rotatable bonds is 1. The van der Waals surface area contributed by atoms with Gasteiger partial charge in [0.05, 0.1) is 0 Å². The first-order chi connectivity index (χ1) is 7.09. The molecule has 1 amide bonds. The summed E-state index contributed by atoms with van der Waals surface area (Å²) in [4.78, 5) is 14.3. The van der Waals surface area contributed by atoms with Crippen LogP contribution in [0, 0.1) is 5.41 Å². The molecule has 4 nitrogen and oxygen atoms in total. The van der Waals surface area contributed by atoms with Crippen LogP contribution in [0.5, 0.6) is 0 Å². The van der Waals surface area contributed by atoms with Gasteiger partial charge < -0.3 is 4.90 Å². The van der Waals surface area contributed by atoms with Gasteiger partial charge in [0.2, 0.25) is 11.9 Å². The summed E-state index contributed by atoms with van der Waals surface area (Å²) in [5.74, 6) is 0.122. The Hall–Kier alpha value is -1.55. The Balaban J connectivity index is 2.29. The molecule has 0 unspecified atom stereocenters. The number of anilines is 1. The molecule has 1 heterocycles. The van der Waals surface area contributed by atoms with Crippen LogP contribution < -0.4 is 4.90 Å². The summed E-state index contributed by atoms with van der Waals surface area (Å²) >= 11 is 5.76. The Morgan fingerprint density at radius 1 is 1.33 bits per heavy atom. The highest BCUT2D eigenvalue weighted by molar-refractivity contribution is 6.30. The third-order valence-electron chi connectivity index (χ3n) is 2.38. The number of guanidine groups is 1. The molecule has 0 atom stereocenters. The number of hydrogen-bond donors (Lipinski definition) is 1. The van der Waals surface area contributed by atoms with Crippen molar-refractivity contribution in [2.45, 2.75) is 0 Å². The Bertz CT molecular complexity index is 415. The number of carbonyl (C=O) groups is 1. The smallest absolute Gasteiger partial charge is 0.249 e. The lowest BCUT2D eigenvalue weighted by atomic mass is 10.3. The molecule has 1 aliphatic rings. The molecule has 0 bridgehead atoms. The second-order valence-corrected chi connectivity index (χ2v) is 3.78. The highest BCUT2D eigenvalue weighted by Crippen LogP contribution is 2.21. The molecule has 0 spiro atoms. The minimum atomic E-state index is -0.0741. The zero-order chi connectivity index (χ0) is 11.0. The summed E-state index contributed by atoms with van der Waals surface area (Å²) in [5, 5.41) is 8.37. The van der Waals surface area contributed by atoms with Crippen molar-refractivity contribution in [3.05, 3.63) is 29.3 Å². The maximum absolute atomic E-state index is 11.4. The zero-order valence-electron chi connectivity index (χ0n) is 8.20. The van der Waals surface area contributed by atoms with E-state index in [0.717, 1.165) is 5.69 Å². The molecular formula is C10H10ClN3O. The first kappa shape index (κ1) is 9.98. The van der Waals surface area contributed by atoms with Gasteiger partial charge in [-0.15, -0.1) is 0 Å². The summed E-state index contributed by atoms with van der Waals surface area (Å²) in [6.07, 6.45) is 0. The largest absolute Gasteiger partial charge is 0.303 e. The first-order valence-corrected chi connectivity index (χ1v) is 4.85. The van der Waals surface area contributed by atoms with Crippen LogP contribution in [0.25, 0.3) is 0 Å². The number of likely N-dealkylation sites (N-methyl/N-ethyl adjacent to an activating group) is 1. The summed E-state index contributed by atoms with van der Waals surface area (Å²) in [6, 6.07) is 7.08. The molecule has 0 aromatic heterocycles. The number of hydrogen-bond acceptors (Lipinski definition) is 2. The van der Waals surface area contributed by atoms with Gasteiger partial charge in [0.1, 0.15) is 6.54 Å². The second kappa shape index (κ2) is 3.55.